The van der Waals surface area contributed by atoms with Crippen LogP contribution in [0.5, 0.6) is 0 Å². The molecule has 1 saturated heterocycles. The highest BCUT2D eigenvalue weighted by Gasteiger charge is 2.57. The summed E-state index contributed by atoms with van der Waals surface area (Å²) in [6.45, 7) is 0. The predicted molar refractivity (Wildman–Crippen MR) is 122 cm³/mol. The number of amides is 2. The molecule has 32 heavy (non-hydrogen) atoms. The zero-order valence-corrected chi connectivity index (χ0v) is 18.0. The molecule has 0 bridgehead atoms. The van der Waals surface area contributed by atoms with Gasteiger partial charge in [-0.2, -0.15) is 5.10 Å². The molecule has 2 unspecified atom stereocenters. The van der Waals surface area contributed by atoms with Crippen LogP contribution in [-0.2, 0) is 9.59 Å². The summed E-state index contributed by atoms with van der Waals surface area (Å²) in [5.41, 5.74) is 2.14. The lowest BCUT2D eigenvalue weighted by Crippen LogP contribution is -2.39. The Labute approximate surface area is 191 Å². The predicted octanol–water partition coefficient (Wildman–Crippen LogP) is 4.14. The maximum atomic E-state index is 13.5. The van der Waals surface area contributed by atoms with E-state index < -0.39 is 22.8 Å². The Hall–Kier alpha value is -3.85. The molecule has 1 fully saturated rings. The molecule has 9 heteroatoms. The number of fused-ring (bicyclic) bond motifs is 1. The summed E-state index contributed by atoms with van der Waals surface area (Å²) in [4.78, 5) is 38.7. The Morgan fingerprint density at radius 1 is 0.844 bits per heavy atom. The van der Waals surface area contributed by atoms with Crippen molar-refractivity contribution >= 4 is 50.5 Å². The van der Waals surface area contributed by atoms with E-state index in [9.17, 15) is 19.7 Å². The van der Waals surface area contributed by atoms with Crippen LogP contribution in [0, 0.1) is 16.0 Å². The molecule has 0 saturated carbocycles. The maximum Gasteiger partial charge on any atom is 0.269 e. The third-order valence-electron chi connectivity index (χ3n) is 5.53. The highest BCUT2D eigenvalue weighted by Crippen LogP contribution is 2.39. The molecular formula is C23H15BrN4O4. The van der Waals surface area contributed by atoms with E-state index in [2.05, 4.69) is 21.0 Å². The number of hydrogen-bond donors (Lipinski definition) is 0. The minimum Gasteiger partial charge on any atom is -0.273 e. The first-order valence-corrected chi connectivity index (χ1v) is 10.6. The van der Waals surface area contributed by atoms with Gasteiger partial charge in [0.05, 0.1) is 22.0 Å². The van der Waals surface area contributed by atoms with Gasteiger partial charge in [0.15, 0.2) is 0 Å². The van der Waals surface area contributed by atoms with Crippen LogP contribution < -0.4 is 9.91 Å². The first-order valence-electron chi connectivity index (χ1n) is 9.76. The molecule has 0 N–H and O–H groups in total. The second-order valence-electron chi connectivity index (χ2n) is 7.38. The molecule has 3 aromatic carbocycles. The van der Waals surface area contributed by atoms with Crippen molar-refractivity contribution in [3.63, 3.8) is 0 Å². The van der Waals surface area contributed by atoms with E-state index in [-0.39, 0.29) is 11.6 Å². The number of halogens is 1. The van der Waals surface area contributed by atoms with Crippen molar-refractivity contribution in [3.8, 4) is 0 Å². The normalized spacial score (nSPS) is 19.8. The number of carbonyl (C=O) groups is 2. The highest BCUT2D eigenvalue weighted by molar-refractivity contribution is 9.10. The van der Waals surface area contributed by atoms with E-state index in [0.29, 0.717) is 17.1 Å². The molecule has 8 nitrogen and oxygen atoms in total. The van der Waals surface area contributed by atoms with Gasteiger partial charge in [0.2, 0.25) is 5.91 Å². The molecule has 0 aliphatic carbocycles. The van der Waals surface area contributed by atoms with Crippen LogP contribution in [0.2, 0.25) is 0 Å². The lowest BCUT2D eigenvalue weighted by atomic mass is 9.93. The Kier molecular flexibility index (Phi) is 4.82. The summed E-state index contributed by atoms with van der Waals surface area (Å²) in [5.74, 6) is -1.53. The molecule has 3 aromatic rings. The number of benzene rings is 3. The van der Waals surface area contributed by atoms with E-state index in [1.165, 1.54) is 34.2 Å². The average molecular weight is 491 g/mol. The molecule has 0 aromatic heterocycles. The zero-order chi connectivity index (χ0) is 22.4. The van der Waals surface area contributed by atoms with Gasteiger partial charge in [-0.3, -0.25) is 24.7 Å². The Morgan fingerprint density at radius 3 is 2.09 bits per heavy atom. The standard InChI is InChI=1S/C23H15BrN4O4/c24-15-6-8-16(9-7-15)26-22(29)19-20(14-4-2-1-3-5-14)25-27(21(19)23(26)30)17-10-12-18(13-11-17)28(31)32/h1-13,19,21H. The number of nitrogens with zero attached hydrogens (tertiary/aromatic N) is 4. The number of non-ortho nitro benzene ring substituents is 1. The van der Waals surface area contributed by atoms with E-state index in [4.69, 9.17) is 0 Å². The van der Waals surface area contributed by atoms with Crippen molar-refractivity contribution in [2.45, 2.75) is 6.04 Å². The Bertz CT molecular complexity index is 1260. The first kappa shape index (κ1) is 20.1. The smallest absolute Gasteiger partial charge is 0.269 e. The van der Waals surface area contributed by atoms with Crippen LogP contribution in [0.3, 0.4) is 0 Å². The lowest BCUT2D eigenvalue weighted by Gasteiger charge is -2.22. The van der Waals surface area contributed by atoms with Crippen LogP contribution in [0.4, 0.5) is 17.1 Å². The van der Waals surface area contributed by atoms with Gasteiger partial charge in [-0.15, -0.1) is 0 Å². The number of anilines is 2. The summed E-state index contributed by atoms with van der Waals surface area (Å²) in [6, 6.07) is 21.1. The maximum absolute atomic E-state index is 13.5. The van der Waals surface area contributed by atoms with E-state index in [1.54, 1.807) is 24.3 Å². The Balaban J connectivity index is 1.61. The molecule has 2 aliphatic rings. The summed E-state index contributed by atoms with van der Waals surface area (Å²) in [5, 5.41) is 17.2. The molecule has 2 aliphatic heterocycles. The van der Waals surface area contributed by atoms with Gasteiger partial charge in [0.1, 0.15) is 12.0 Å². The largest absolute Gasteiger partial charge is 0.273 e. The van der Waals surface area contributed by atoms with Crippen molar-refractivity contribution in [2.75, 3.05) is 9.91 Å². The van der Waals surface area contributed by atoms with E-state index >= 15 is 0 Å². The SMILES string of the molecule is O=C1C2C(c3ccccc3)=NN(c3ccc([N+](=O)[O-])cc3)C2C(=O)N1c1ccc(Br)cc1. The van der Waals surface area contributed by atoms with Gasteiger partial charge >= 0.3 is 0 Å². The van der Waals surface area contributed by atoms with Crippen molar-refractivity contribution < 1.29 is 14.5 Å². The highest BCUT2D eigenvalue weighted by atomic mass is 79.9. The molecule has 2 heterocycles. The van der Waals surface area contributed by atoms with Crippen molar-refractivity contribution in [1.82, 2.24) is 0 Å². The number of carbonyl (C=O) groups excluding carboxylic acids is 2. The minimum absolute atomic E-state index is 0.0675. The number of imide groups is 1. The van der Waals surface area contributed by atoms with Crippen molar-refractivity contribution in [2.24, 2.45) is 11.0 Å². The first-order chi connectivity index (χ1) is 15.5. The molecule has 2 atom stereocenters. The fraction of sp³-hybridized carbons (Fsp3) is 0.0870. The number of rotatable bonds is 4. The third-order valence-corrected chi connectivity index (χ3v) is 6.06. The number of hydrazone groups is 1. The molecule has 2 amide bonds. The van der Waals surface area contributed by atoms with Gasteiger partial charge in [-0.05, 0) is 42.0 Å². The van der Waals surface area contributed by atoms with Gasteiger partial charge in [0.25, 0.3) is 11.6 Å². The zero-order valence-electron chi connectivity index (χ0n) is 16.5. The second kappa shape index (κ2) is 7.69. The molecule has 0 radical (unpaired) electrons. The summed E-state index contributed by atoms with van der Waals surface area (Å²) < 4.78 is 0.833. The van der Waals surface area contributed by atoms with E-state index in [0.717, 1.165) is 10.0 Å². The van der Waals surface area contributed by atoms with Crippen LogP contribution in [-0.4, -0.2) is 28.5 Å². The van der Waals surface area contributed by atoms with E-state index in [1.807, 2.05) is 30.3 Å². The number of nitro groups is 1. The summed E-state index contributed by atoms with van der Waals surface area (Å²) in [7, 11) is 0. The number of hydrogen-bond acceptors (Lipinski definition) is 6. The third kappa shape index (κ3) is 3.18. The summed E-state index contributed by atoms with van der Waals surface area (Å²) >= 11 is 3.37. The van der Waals surface area contributed by atoms with Crippen molar-refractivity contribution in [1.29, 1.82) is 0 Å². The molecule has 0 spiro atoms. The average Bonchev–Trinajstić information content (AvgIpc) is 3.32. The monoisotopic (exact) mass is 490 g/mol. The molecule has 158 valence electrons. The Morgan fingerprint density at radius 2 is 1.47 bits per heavy atom. The molecule has 5 rings (SSSR count). The second-order valence-corrected chi connectivity index (χ2v) is 8.30. The topological polar surface area (TPSA) is 96.1 Å². The van der Waals surface area contributed by atoms with Gasteiger partial charge in [-0.1, -0.05) is 46.3 Å². The van der Waals surface area contributed by atoms with Gasteiger partial charge in [0, 0.05) is 16.6 Å². The summed E-state index contributed by atoms with van der Waals surface area (Å²) in [6.07, 6.45) is 0. The van der Waals surface area contributed by atoms with Gasteiger partial charge < -0.3 is 0 Å². The van der Waals surface area contributed by atoms with Crippen LogP contribution >= 0.6 is 15.9 Å². The lowest BCUT2D eigenvalue weighted by molar-refractivity contribution is -0.384. The fourth-order valence-corrected chi connectivity index (χ4v) is 4.31. The van der Waals surface area contributed by atoms with Crippen molar-refractivity contribution in [3.05, 3.63) is 99.0 Å². The van der Waals surface area contributed by atoms with Crippen LogP contribution in [0.1, 0.15) is 5.56 Å². The quantitative estimate of drug-likeness (QED) is 0.311. The van der Waals surface area contributed by atoms with Crippen LogP contribution in [0.15, 0.2) is 88.4 Å². The minimum atomic E-state index is -0.872. The van der Waals surface area contributed by atoms with Crippen LogP contribution in [0.25, 0.3) is 0 Å². The van der Waals surface area contributed by atoms with Gasteiger partial charge in [-0.25, -0.2) is 4.90 Å². The number of nitro benzene ring substituents is 1. The fourth-order valence-electron chi connectivity index (χ4n) is 4.05. The molecular weight excluding hydrogens is 476 g/mol.